The Kier molecular flexibility index (Phi) is 5.68. The number of amides is 2. The van der Waals surface area contributed by atoms with Gasteiger partial charge in [-0.15, -0.1) is 0 Å². The van der Waals surface area contributed by atoms with E-state index in [0.29, 0.717) is 25.9 Å². The van der Waals surface area contributed by atoms with Crippen molar-refractivity contribution >= 4 is 11.8 Å². The lowest BCUT2D eigenvalue weighted by Crippen LogP contribution is -2.24. The van der Waals surface area contributed by atoms with Gasteiger partial charge >= 0.3 is 0 Å². The second kappa shape index (κ2) is 8.13. The van der Waals surface area contributed by atoms with Gasteiger partial charge < -0.3 is 10.2 Å². The first-order valence-electron chi connectivity index (χ1n) is 9.01. The van der Waals surface area contributed by atoms with Crippen LogP contribution >= 0.6 is 0 Å². The van der Waals surface area contributed by atoms with Crippen LogP contribution in [0.4, 0.5) is 0 Å². The molecule has 0 bridgehead atoms. The van der Waals surface area contributed by atoms with Gasteiger partial charge in [0, 0.05) is 32.5 Å². The molecule has 1 heterocycles. The van der Waals surface area contributed by atoms with Crippen molar-refractivity contribution in [2.45, 2.75) is 58.0 Å². The quantitative estimate of drug-likeness (QED) is 0.815. The molecule has 1 N–H and O–H groups in total. The van der Waals surface area contributed by atoms with E-state index in [1.807, 2.05) is 17.0 Å². The SMILES string of the molecule is O=C(CC1=CCCCC1)NCc1ccc(CN2CCCC2=O)cc1. The highest BCUT2D eigenvalue weighted by atomic mass is 16.2. The number of nitrogens with one attached hydrogen (secondary N) is 1. The molecule has 0 saturated carbocycles. The first kappa shape index (κ1) is 16.7. The van der Waals surface area contributed by atoms with Crippen LogP contribution in [0, 0.1) is 0 Å². The largest absolute Gasteiger partial charge is 0.352 e. The van der Waals surface area contributed by atoms with Gasteiger partial charge in [-0.2, -0.15) is 0 Å². The summed E-state index contributed by atoms with van der Waals surface area (Å²) in [5.74, 6) is 0.359. The van der Waals surface area contributed by atoms with Crippen LogP contribution in [0.25, 0.3) is 0 Å². The van der Waals surface area contributed by atoms with Crippen LogP contribution in [0.15, 0.2) is 35.9 Å². The van der Waals surface area contributed by atoms with Gasteiger partial charge in [0.25, 0.3) is 0 Å². The molecule has 0 unspecified atom stereocenters. The van der Waals surface area contributed by atoms with Crippen molar-refractivity contribution in [1.29, 1.82) is 0 Å². The summed E-state index contributed by atoms with van der Waals surface area (Å²) in [6.07, 6.45) is 9.05. The average molecular weight is 326 g/mol. The Morgan fingerprint density at radius 3 is 2.50 bits per heavy atom. The van der Waals surface area contributed by atoms with Gasteiger partial charge in [0.1, 0.15) is 0 Å². The summed E-state index contributed by atoms with van der Waals surface area (Å²) in [5.41, 5.74) is 3.52. The van der Waals surface area contributed by atoms with Gasteiger partial charge in [-0.05, 0) is 43.2 Å². The fraction of sp³-hybridized carbons (Fsp3) is 0.500. The molecule has 0 radical (unpaired) electrons. The molecule has 2 amide bonds. The normalized spacial score (nSPS) is 17.8. The number of carbonyl (C=O) groups is 2. The lowest BCUT2D eigenvalue weighted by molar-refractivity contribution is -0.128. The molecule has 0 spiro atoms. The lowest BCUT2D eigenvalue weighted by atomic mass is 9.97. The third-order valence-corrected chi connectivity index (χ3v) is 4.83. The monoisotopic (exact) mass is 326 g/mol. The molecule has 1 aliphatic heterocycles. The van der Waals surface area contributed by atoms with E-state index in [2.05, 4.69) is 23.5 Å². The molecule has 24 heavy (non-hydrogen) atoms. The molecule has 1 aromatic carbocycles. The zero-order chi connectivity index (χ0) is 16.8. The molecule has 128 valence electrons. The minimum atomic E-state index is 0.106. The summed E-state index contributed by atoms with van der Waals surface area (Å²) in [6.45, 7) is 2.13. The van der Waals surface area contributed by atoms with Gasteiger partial charge in [0.05, 0.1) is 0 Å². The summed E-state index contributed by atoms with van der Waals surface area (Å²) < 4.78 is 0. The second-order valence-corrected chi connectivity index (χ2v) is 6.80. The zero-order valence-electron chi connectivity index (χ0n) is 14.2. The van der Waals surface area contributed by atoms with Crippen molar-refractivity contribution in [1.82, 2.24) is 10.2 Å². The molecule has 0 aromatic heterocycles. The predicted octanol–water partition coefficient (Wildman–Crippen LogP) is 3.32. The number of hydrogen-bond acceptors (Lipinski definition) is 2. The van der Waals surface area contributed by atoms with E-state index in [0.717, 1.165) is 36.9 Å². The van der Waals surface area contributed by atoms with Crippen LogP contribution < -0.4 is 5.32 Å². The molecule has 1 fully saturated rings. The average Bonchev–Trinajstić information content (AvgIpc) is 3.00. The number of nitrogens with zero attached hydrogens (tertiary/aromatic N) is 1. The number of rotatable bonds is 6. The Hall–Kier alpha value is -2.10. The molecule has 1 aliphatic carbocycles. The van der Waals surface area contributed by atoms with Gasteiger partial charge in [-0.25, -0.2) is 0 Å². The molecular weight excluding hydrogens is 300 g/mol. The highest BCUT2D eigenvalue weighted by molar-refractivity contribution is 5.78. The maximum atomic E-state index is 12.0. The molecule has 2 aliphatic rings. The third-order valence-electron chi connectivity index (χ3n) is 4.83. The predicted molar refractivity (Wildman–Crippen MR) is 94.1 cm³/mol. The topological polar surface area (TPSA) is 49.4 Å². The first-order valence-corrected chi connectivity index (χ1v) is 9.01. The minimum absolute atomic E-state index is 0.106. The van der Waals surface area contributed by atoms with Gasteiger partial charge in [0.2, 0.25) is 11.8 Å². The Morgan fingerprint density at radius 1 is 1.04 bits per heavy atom. The number of hydrogen-bond donors (Lipinski definition) is 1. The summed E-state index contributed by atoms with van der Waals surface area (Å²) in [6, 6.07) is 8.18. The van der Waals surface area contributed by atoms with Crippen molar-refractivity contribution < 1.29 is 9.59 Å². The van der Waals surface area contributed by atoms with Crippen molar-refractivity contribution in [2.75, 3.05) is 6.54 Å². The number of allylic oxidation sites excluding steroid dienone is 1. The molecular formula is C20H26N2O2. The van der Waals surface area contributed by atoms with Crippen LogP contribution in [-0.2, 0) is 22.7 Å². The Labute approximate surface area is 143 Å². The molecule has 4 heteroatoms. The summed E-state index contributed by atoms with van der Waals surface area (Å²) in [4.78, 5) is 25.6. The zero-order valence-corrected chi connectivity index (χ0v) is 14.2. The Bertz CT molecular complexity index is 619. The third kappa shape index (κ3) is 4.70. The molecule has 3 rings (SSSR count). The summed E-state index contributed by atoms with van der Waals surface area (Å²) in [5, 5.41) is 3.00. The fourth-order valence-electron chi connectivity index (χ4n) is 3.39. The number of benzene rings is 1. The highest BCUT2D eigenvalue weighted by Gasteiger charge is 2.19. The Balaban J connectivity index is 1.44. The molecule has 1 aromatic rings. The van der Waals surface area contributed by atoms with Crippen molar-refractivity contribution in [3.8, 4) is 0 Å². The van der Waals surface area contributed by atoms with Gasteiger partial charge in [0.15, 0.2) is 0 Å². The van der Waals surface area contributed by atoms with Crippen molar-refractivity contribution in [2.24, 2.45) is 0 Å². The van der Waals surface area contributed by atoms with E-state index in [1.165, 1.54) is 18.4 Å². The number of likely N-dealkylation sites (tertiary alicyclic amines) is 1. The summed E-state index contributed by atoms with van der Waals surface area (Å²) in [7, 11) is 0. The van der Waals surface area contributed by atoms with E-state index in [9.17, 15) is 9.59 Å². The minimum Gasteiger partial charge on any atom is -0.352 e. The maximum absolute atomic E-state index is 12.0. The van der Waals surface area contributed by atoms with Crippen LogP contribution in [0.5, 0.6) is 0 Å². The Morgan fingerprint density at radius 2 is 1.83 bits per heavy atom. The van der Waals surface area contributed by atoms with Crippen LogP contribution in [0.1, 0.15) is 56.1 Å². The first-order chi connectivity index (χ1) is 11.7. The van der Waals surface area contributed by atoms with Crippen LogP contribution in [0.2, 0.25) is 0 Å². The van der Waals surface area contributed by atoms with E-state index < -0.39 is 0 Å². The maximum Gasteiger partial charge on any atom is 0.224 e. The second-order valence-electron chi connectivity index (χ2n) is 6.80. The van der Waals surface area contributed by atoms with Crippen LogP contribution in [-0.4, -0.2) is 23.3 Å². The molecule has 0 atom stereocenters. The fourth-order valence-corrected chi connectivity index (χ4v) is 3.39. The standard InChI is InChI=1S/C20H26N2O2/c23-19(13-16-5-2-1-3-6-16)21-14-17-8-10-18(11-9-17)15-22-12-4-7-20(22)24/h5,8-11H,1-4,6-7,12-15H2,(H,21,23). The lowest BCUT2D eigenvalue weighted by Gasteiger charge is -2.16. The van der Waals surface area contributed by atoms with Crippen molar-refractivity contribution in [3.05, 3.63) is 47.0 Å². The highest BCUT2D eigenvalue weighted by Crippen LogP contribution is 2.20. The van der Waals surface area contributed by atoms with E-state index >= 15 is 0 Å². The molecule has 1 saturated heterocycles. The van der Waals surface area contributed by atoms with Gasteiger partial charge in [-0.3, -0.25) is 9.59 Å². The molecule has 4 nitrogen and oxygen atoms in total. The van der Waals surface area contributed by atoms with Crippen LogP contribution in [0.3, 0.4) is 0 Å². The van der Waals surface area contributed by atoms with E-state index in [-0.39, 0.29) is 11.8 Å². The van der Waals surface area contributed by atoms with Gasteiger partial charge in [-0.1, -0.05) is 35.9 Å². The smallest absolute Gasteiger partial charge is 0.224 e. The van der Waals surface area contributed by atoms with E-state index in [1.54, 1.807) is 0 Å². The number of carbonyl (C=O) groups excluding carboxylic acids is 2. The van der Waals surface area contributed by atoms with Crippen molar-refractivity contribution in [3.63, 3.8) is 0 Å². The summed E-state index contributed by atoms with van der Waals surface area (Å²) >= 11 is 0. The van der Waals surface area contributed by atoms with E-state index in [4.69, 9.17) is 0 Å².